The van der Waals surface area contributed by atoms with E-state index in [2.05, 4.69) is 15.9 Å². The average molecular weight is 360 g/mol. The van der Waals surface area contributed by atoms with Crippen LogP contribution in [0.2, 0.25) is 0 Å². The van der Waals surface area contributed by atoms with Crippen molar-refractivity contribution in [2.24, 2.45) is 0 Å². The monoisotopic (exact) mass is 359 g/mol. The second kappa shape index (κ2) is 6.17. The molecule has 0 saturated heterocycles. The minimum atomic E-state index is -1.22. The number of nitrogens with two attached hydrogens (primary N) is 1. The fourth-order valence-corrected chi connectivity index (χ4v) is 1.93. The Morgan fingerprint density at radius 2 is 1.76 bits per heavy atom. The highest BCUT2D eigenvalue weighted by atomic mass is 79.9. The molecule has 21 heavy (non-hydrogen) atoms. The van der Waals surface area contributed by atoms with Crippen LogP contribution < -0.4 is 5.73 Å². The van der Waals surface area contributed by atoms with Gasteiger partial charge in [-0.05, 0) is 18.2 Å². The van der Waals surface area contributed by atoms with Gasteiger partial charge in [0.15, 0.2) is 11.6 Å². The molecule has 2 rings (SSSR count). The first-order valence-corrected chi connectivity index (χ1v) is 6.53. The molecule has 2 aromatic carbocycles. The molecule has 110 valence electrons. The van der Waals surface area contributed by atoms with E-state index in [0.29, 0.717) is 16.6 Å². The number of carbonyl (C=O) groups excluding carboxylic acids is 1. The lowest BCUT2D eigenvalue weighted by Crippen LogP contribution is -2.10. The summed E-state index contributed by atoms with van der Waals surface area (Å²) in [5.74, 6) is -3.90. The standard InChI is InChI=1S/C14H9BrF3NO2/c15-8-2-1-7(10(16)3-8)6-21-14(20)9-4-11(17)12(18)5-13(9)19/h1-5H,6,19H2. The molecule has 0 amide bonds. The minimum absolute atomic E-state index is 0.146. The van der Waals surface area contributed by atoms with Crippen LogP contribution in [0.3, 0.4) is 0 Å². The summed E-state index contributed by atoms with van der Waals surface area (Å²) in [6.45, 7) is -0.351. The first-order valence-electron chi connectivity index (χ1n) is 5.74. The van der Waals surface area contributed by atoms with Crippen LogP contribution in [0.1, 0.15) is 15.9 Å². The van der Waals surface area contributed by atoms with Crippen molar-refractivity contribution in [3.8, 4) is 0 Å². The number of carbonyl (C=O) groups is 1. The van der Waals surface area contributed by atoms with E-state index in [0.717, 1.165) is 0 Å². The summed E-state index contributed by atoms with van der Waals surface area (Å²) in [7, 11) is 0. The summed E-state index contributed by atoms with van der Waals surface area (Å²) < 4.78 is 44.9. The number of nitrogen functional groups attached to an aromatic ring is 1. The van der Waals surface area contributed by atoms with Gasteiger partial charge in [-0.1, -0.05) is 22.0 Å². The smallest absolute Gasteiger partial charge is 0.340 e. The Labute approximate surface area is 126 Å². The molecule has 0 aliphatic heterocycles. The van der Waals surface area contributed by atoms with E-state index >= 15 is 0 Å². The van der Waals surface area contributed by atoms with Gasteiger partial charge in [0, 0.05) is 21.8 Å². The second-order valence-corrected chi connectivity index (χ2v) is 5.08. The zero-order valence-electron chi connectivity index (χ0n) is 10.5. The average Bonchev–Trinajstić information content (AvgIpc) is 2.41. The lowest BCUT2D eigenvalue weighted by atomic mass is 10.1. The van der Waals surface area contributed by atoms with Gasteiger partial charge in [-0.3, -0.25) is 0 Å². The van der Waals surface area contributed by atoms with Crippen LogP contribution in [0.15, 0.2) is 34.8 Å². The molecule has 0 radical (unpaired) electrons. The third-order valence-corrected chi connectivity index (χ3v) is 3.18. The van der Waals surface area contributed by atoms with E-state index in [1.807, 2.05) is 0 Å². The van der Waals surface area contributed by atoms with E-state index in [1.165, 1.54) is 12.1 Å². The molecule has 0 heterocycles. The van der Waals surface area contributed by atoms with Crippen molar-refractivity contribution in [1.82, 2.24) is 0 Å². The van der Waals surface area contributed by atoms with Gasteiger partial charge in [-0.15, -0.1) is 0 Å². The molecule has 0 spiro atoms. The molecule has 0 aromatic heterocycles. The van der Waals surface area contributed by atoms with E-state index in [1.54, 1.807) is 6.07 Å². The fraction of sp³-hybridized carbons (Fsp3) is 0.0714. The maximum atomic E-state index is 13.5. The molecule has 0 unspecified atom stereocenters. The van der Waals surface area contributed by atoms with E-state index in [4.69, 9.17) is 10.5 Å². The van der Waals surface area contributed by atoms with Crippen molar-refractivity contribution in [2.75, 3.05) is 5.73 Å². The number of halogens is 4. The van der Waals surface area contributed by atoms with Crippen LogP contribution in [-0.4, -0.2) is 5.97 Å². The number of benzene rings is 2. The first kappa shape index (κ1) is 15.4. The molecule has 0 aliphatic rings. The Bertz CT molecular complexity index is 707. The van der Waals surface area contributed by atoms with Crippen LogP contribution in [-0.2, 0) is 11.3 Å². The molecule has 7 heteroatoms. The Kier molecular flexibility index (Phi) is 4.52. The summed E-state index contributed by atoms with van der Waals surface area (Å²) in [6, 6.07) is 5.56. The number of rotatable bonds is 3. The molecule has 0 aliphatic carbocycles. The third-order valence-electron chi connectivity index (χ3n) is 2.69. The molecule has 0 atom stereocenters. The van der Waals surface area contributed by atoms with Crippen molar-refractivity contribution in [2.45, 2.75) is 6.61 Å². The van der Waals surface area contributed by atoms with Crippen LogP contribution in [0.5, 0.6) is 0 Å². The van der Waals surface area contributed by atoms with Crippen molar-refractivity contribution in [3.63, 3.8) is 0 Å². The summed E-state index contributed by atoms with van der Waals surface area (Å²) in [6.07, 6.45) is 0. The largest absolute Gasteiger partial charge is 0.457 e. The first-order chi connectivity index (χ1) is 9.88. The Morgan fingerprint density at radius 3 is 2.43 bits per heavy atom. The minimum Gasteiger partial charge on any atom is -0.457 e. The summed E-state index contributed by atoms with van der Waals surface area (Å²) in [4.78, 5) is 11.8. The zero-order chi connectivity index (χ0) is 15.6. The Morgan fingerprint density at radius 1 is 1.10 bits per heavy atom. The molecule has 0 saturated carbocycles. The summed E-state index contributed by atoms with van der Waals surface area (Å²) in [5.41, 5.74) is 5.00. The fourth-order valence-electron chi connectivity index (χ4n) is 1.60. The molecule has 0 fully saturated rings. The van der Waals surface area contributed by atoms with Crippen molar-refractivity contribution >= 4 is 27.6 Å². The highest BCUT2D eigenvalue weighted by Gasteiger charge is 2.16. The van der Waals surface area contributed by atoms with Crippen molar-refractivity contribution < 1.29 is 22.7 Å². The quantitative estimate of drug-likeness (QED) is 0.669. The zero-order valence-corrected chi connectivity index (χ0v) is 12.1. The van der Waals surface area contributed by atoms with Gasteiger partial charge in [0.25, 0.3) is 0 Å². The topological polar surface area (TPSA) is 52.3 Å². The van der Waals surface area contributed by atoms with Gasteiger partial charge in [-0.25, -0.2) is 18.0 Å². The number of ether oxygens (including phenoxy) is 1. The van der Waals surface area contributed by atoms with Gasteiger partial charge in [0.2, 0.25) is 0 Å². The van der Waals surface area contributed by atoms with Crippen LogP contribution in [0, 0.1) is 17.5 Å². The lowest BCUT2D eigenvalue weighted by Gasteiger charge is -2.08. The Hall–Kier alpha value is -2.02. The van der Waals surface area contributed by atoms with E-state index in [9.17, 15) is 18.0 Å². The SMILES string of the molecule is Nc1cc(F)c(F)cc1C(=O)OCc1ccc(Br)cc1F. The predicted octanol–water partition coefficient (Wildman–Crippen LogP) is 3.81. The number of hydrogen-bond donors (Lipinski definition) is 1. The predicted molar refractivity (Wildman–Crippen MR) is 74.0 cm³/mol. The molecule has 0 bridgehead atoms. The van der Waals surface area contributed by atoms with Gasteiger partial charge in [-0.2, -0.15) is 0 Å². The normalized spacial score (nSPS) is 10.5. The number of anilines is 1. The van der Waals surface area contributed by atoms with Gasteiger partial charge >= 0.3 is 5.97 Å². The third kappa shape index (κ3) is 3.55. The van der Waals surface area contributed by atoms with Crippen LogP contribution in [0.25, 0.3) is 0 Å². The molecule has 3 nitrogen and oxygen atoms in total. The Balaban J connectivity index is 2.13. The maximum Gasteiger partial charge on any atom is 0.340 e. The molecule has 2 aromatic rings. The van der Waals surface area contributed by atoms with Crippen LogP contribution >= 0.6 is 15.9 Å². The second-order valence-electron chi connectivity index (χ2n) is 4.17. The summed E-state index contributed by atoms with van der Waals surface area (Å²) >= 11 is 3.10. The van der Waals surface area contributed by atoms with E-state index < -0.39 is 23.4 Å². The number of esters is 1. The molecule has 2 N–H and O–H groups in total. The highest BCUT2D eigenvalue weighted by molar-refractivity contribution is 9.10. The van der Waals surface area contributed by atoms with Crippen molar-refractivity contribution in [1.29, 1.82) is 0 Å². The van der Waals surface area contributed by atoms with Crippen LogP contribution in [0.4, 0.5) is 18.9 Å². The van der Waals surface area contributed by atoms with Gasteiger partial charge in [0.05, 0.1) is 5.56 Å². The highest BCUT2D eigenvalue weighted by Crippen LogP contribution is 2.20. The number of hydrogen-bond acceptors (Lipinski definition) is 3. The van der Waals surface area contributed by atoms with Crippen molar-refractivity contribution in [3.05, 3.63) is 63.4 Å². The maximum absolute atomic E-state index is 13.5. The molecular weight excluding hydrogens is 351 g/mol. The summed E-state index contributed by atoms with van der Waals surface area (Å²) in [5, 5.41) is 0. The van der Waals surface area contributed by atoms with E-state index in [-0.39, 0.29) is 23.4 Å². The van der Waals surface area contributed by atoms with Gasteiger partial charge in [0.1, 0.15) is 12.4 Å². The molecular formula is C14H9BrF3NO2. The lowest BCUT2D eigenvalue weighted by molar-refractivity contribution is 0.0469. The van der Waals surface area contributed by atoms with Gasteiger partial charge < -0.3 is 10.5 Å².